The number of carbonyl (C=O) groups is 2. The molecule has 170 valence electrons. The molecule has 0 saturated carbocycles. The van der Waals surface area contributed by atoms with E-state index < -0.39 is 11.9 Å². The molecule has 1 aromatic heterocycles. The molecule has 6 nitrogen and oxygen atoms in total. The zero-order chi connectivity index (χ0) is 23.7. The first kappa shape index (κ1) is 22.7. The van der Waals surface area contributed by atoms with Crippen LogP contribution >= 0.6 is 11.6 Å². The van der Waals surface area contributed by atoms with Crippen LogP contribution in [0.2, 0.25) is 5.02 Å². The average molecular weight is 463 g/mol. The standard InChI is InChI=1S/C26H27ClN4O2/c1-5-29(6-2)21-11-13-22(14-12-21)30-17(3)15-19(18(30)4)16-24-25(32)31(26(33)28-24)23-9-7-20(27)8-10-23/h7-16H,5-6H2,1-4H3,(H,28,33)/b24-16+. The Morgan fingerprint density at radius 3 is 2.15 bits per heavy atom. The second kappa shape index (κ2) is 9.16. The van der Waals surface area contributed by atoms with Crippen LogP contribution in [0.3, 0.4) is 0 Å². The number of amides is 3. The Labute approximate surface area is 199 Å². The number of benzene rings is 2. The van der Waals surface area contributed by atoms with Gasteiger partial charge in [0, 0.05) is 40.9 Å². The highest BCUT2D eigenvalue weighted by Crippen LogP contribution is 2.27. The van der Waals surface area contributed by atoms with Crippen LogP contribution in [0, 0.1) is 13.8 Å². The van der Waals surface area contributed by atoms with E-state index in [-0.39, 0.29) is 5.70 Å². The number of anilines is 2. The van der Waals surface area contributed by atoms with Crippen molar-refractivity contribution in [3.05, 3.63) is 82.3 Å². The molecule has 0 aliphatic carbocycles. The lowest BCUT2D eigenvalue weighted by Gasteiger charge is -2.21. The third-order valence-corrected chi connectivity index (χ3v) is 6.22. The van der Waals surface area contributed by atoms with Crippen molar-refractivity contribution in [2.45, 2.75) is 27.7 Å². The average Bonchev–Trinajstić information content (AvgIpc) is 3.24. The van der Waals surface area contributed by atoms with Gasteiger partial charge in [-0.05, 0) is 93.9 Å². The minimum atomic E-state index is -0.477. The maximum absolute atomic E-state index is 13.0. The Balaban J connectivity index is 1.64. The van der Waals surface area contributed by atoms with Gasteiger partial charge in [-0.2, -0.15) is 0 Å². The highest BCUT2D eigenvalue weighted by atomic mass is 35.5. The van der Waals surface area contributed by atoms with Crippen LogP contribution in [0.1, 0.15) is 30.8 Å². The SMILES string of the molecule is CCN(CC)c1ccc(-n2c(C)cc(/C=C3/NC(=O)N(c4ccc(Cl)cc4)C3=O)c2C)cc1. The van der Waals surface area contributed by atoms with Crippen LogP contribution in [-0.4, -0.2) is 29.6 Å². The number of hydrogen-bond acceptors (Lipinski definition) is 3. The van der Waals surface area contributed by atoms with Crippen molar-refractivity contribution in [2.75, 3.05) is 22.9 Å². The zero-order valence-electron chi connectivity index (χ0n) is 19.2. The predicted octanol–water partition coefficient (Wildman–Crippen LogP) is 5.69. The van der Waals surface area contributed by atoms with E-state index in [0.29, 0.717) is 10.7 Å². The zero-order valence-corrected chi connectivity index (χ0v) is 20.0. The van der Waals surface area contributed by atoms with E-state index in [0.717, 1.165) is 40.6 Å². The Morgan fingerprint density at radius 2 is 1.55 bits per heavy atom. The quantitative estimate of drug-likeness (QED) is 0.378. The summed E-state index contributed by atoms with van der Waals surface area (Å²) in [5.41, 5.74) is 5.87. The van der Waals surface area contributed by atoms with Crippen LogP contribution < -0.4 is 15.1 Å². The second-order valence-electron chi connectivity index (χ2n) is 7.96. The fourth-order valence-electron chi connectivity index (χ4n) is 4.25. The van der Waals surface area contributed by atoms with Gasteiger partial charge in [-0.3, -0.25) is 4.79 Å². The lowest BCUT2D eigenvalue weighted by atomic mass is 10.2. The van der Waals surface area contributed by atoms with Gasteiger partial charge in [0.25, 0.3) is 5.91 Å². The number of imide groups is 1. The molecule has 7 heteroatoms. The summed E-state index contributed by atoms with van der Waals surface area (Å²) in [6.45, 7) is 10.3. The summed E-state index contributed by atoms with van der Waals surface area (Å²) >= 11 is 5.93. The largest absolute Gasteiger partial charge is 0.372 e. The molecule has 1 saturated heterocycles. The first-order chi connectivity index (χ1) is 15.8. The van der Waals surface area contributed by atoms with E-state index in [9.17, 15) is 9.59 Å². The van der Waals surface area contributed by atoms with Crippen LogP contribution in [0.4, 0.5) is 16.2 Å². The summed E-state index contributed by atoms with van der Waals surface area (Å²) in [4.78, 5) is 28.9. The monoisotopic (exact) mass is 462 g/mol. The fourth-order valence-corrected chi connectivity index (χ4v) is 4.37. The number of nitrogens with one attached hydrogen (secondary N) is 1. The first-order valence-electron chi connectivity index (χ1n) is 11.0. The molecule has 0 atom stereocenters. The summed E-state index contributed by atoms with van der Waals surface area (Å²) in [5.74, 6) is -0.393. The van der Waals surface area contributed by atoms with Gasteiger partial charge >= 0.3 is 6.03 Å². The lowest BCUT2D eigenvalue weighted by Crippen LogP contribution is -2.30. The van der Waals surface area contributed by atoms with Gasteiger partial charge in [-0.15, -0.1) is 0 Å². The molecule has 1 aliphatic heterocycles. The number of carbonyl (C=O) groups excluding carboxylic acids is 2. The molecule has 3 aromatic rings. The molecule has 3 amide bonds. The molecule has 33 heavy (non-hydrogen) atoms. The molecule has 0 unspecified atom stereocenters. The molecule has 0 spiro atoms. The molecular formula is C26H27ClN4O2. The molecule has 1 N–H and O–H groups in total. The first-order valence-corrected chi connectivity index (χ1v) is 11.4. The van der Waals surface area contributed by atoms with Crippen molar-refractivity contribution in [1.82, 2.24) is 9.88 Å². The Kier molecular flexibility index (Phi) is 6.29. The van der Waals surface area contributed by atoms with Crippen molar-refractivity contribution in [2.24, 2.45) is 0 Å². The molecule has 2 heterocycles. The van der Waals surface area contributed by atoms with Crippen LogP contribution in [-0.2, 0) is 4.79 Å². The number of urea groups is 1. The third kappa shape index (κ3) is 4.26. The van der Waals surface area contributed by atoms with Crippen molar-refractivity contribution in [3.8, 4) is 5.69 Å². The van der Waals surface area contributed by atoms with Gasteiger partial charge in [0.1, 0.15) is 5.70 Å². The Hall–Kier alpha value is -3.51. The van der Waals surface area contributed by atoms with Crippen molar-refractivity contribution in [3.63, 3.8) is 0 Å². The number of halogens is 1. The third-order valence-electron chi connectivity index (χ3n) is 5.97. The molecule has 0 radical (unpaired) electrons. The molecule has 1 aliphatic rings. The van der Waals surface area contributed by atoms with Gasteiger partial charge in [0.2, 0.25) is 0 Å². The minimum Gasteiger partial charge on any atom is -0.372 e. The number of aryl methyl sites for hydroxylation is 1. The van der Waals surface area contributed by atoms with E-state index in [1.54, 1.807) is 30.3 Å². The molecule has 1 fully saturated rings. The van der Waals surface area contributed by atoms with Crippen molar-refractivity contribution in [1.29, 1.82) is 0 Å². The molecule has 2 aromatic carbocycles. The molecular weight excluding hydrogens is 436 g/mol. The van der Waals surface area contributed by atoms with E-state index in [1.807, 2.05) is 19.9 Å². The summed E-state index contributed by atoms with van der Waals surface area (Å²) in [6, 6.07) is 16.6. The molecule has 4 rings (SSSR count). The van der Waals surface area contributed by atoms with E-state index in [1.165, 1.54) is 5.69 Å². The van der Waals surface area contributed by atoms with Crippen molar-refractivity contribution < 1.29 is 9.59 Å². The number of hydrogen-bond donors (Lipinski definition) is 1. The highest BCUT2D eigenvalue weighted by Gasteiger charge is 2.35. The highest BCUT2D eigenvalue weighted by molar-refractivity contribution is 6.31. The maximum atomic E-state index is 13.0. The Bertz CT molecular complexity index is 1220. The minimum absolute atomic E-state index is 0.243. The lowest BCUT2D eigenvalue weighted by molar-refractivity contribution is -0.113. The van der Waals surface area contributed by atoms with Crippen LogP contribution in [0.15, 0.2) is 60.3 Å². The van der Waals surface area contributed by atoms with Crippen LogP contribution in [0.25, 0.3) is 11.8 Å². The van der Waals surface area contributed by atoms with Gasteiger partial charge in [-0.1, -0.05) is 11.6 Å². The van der Waals surface area contributed by atoms with Gasteiger partial charge in [-0.25, -0.2) is 9.69 Å². The maximum Gasteiger partial charge on any atom is 0.333 e. The number of rotatable bonds is 6. The van der Waals surface area contributed by atoms with Crippen molar-refractivity contribution >= 4 is 41.0 Å². The molecule has 0 bridgehead atoms. The van der Waals surface area contributed by atoms with E-state index >= 15 is 0 Å². The predicted molar refractivity (Wildman–Crippen MR) is 134 cm³/mol. The second-order valence-corrected chi connectivity index (χ2v) is 8.39. The topological polar surface area (TPSA) is 57.6 Å². The summed E-state index contributed by atoms with van der Waals surface area (Å²) in [6.07, 6.45) is 1.74. The van der Waals surface area contributed by atoms with E-state index in [2.05, 4.69) is 52.9 Å². The summed E-state index contributed by atoms with van der Waals surface area (Å²) in [5, 5.41) is 3.24. The van der Waals surface area contributed by atoms with Gasteiger partial charge in [0.15, 0.2) is 0 Å². The fraction of sp³-hybridized carbons (Fsp3) is 0.231. The smallest absolute Gasteiger partial charge is 0.333 e. The summed E-state index contributed by atoms with van der Waals surface area (Å²) in [7, 11) is 0. The van der Waals surface area contributed by atoms with Gasteiger partial charge < -0.3 is 14.8 Å². The van der Waals surface area contributed by atoms with Gasteiger partial charge in [0.05, 0.1) is 5.69 Å². The Morgan fingerprint density at radius 1 is 0.939 bits per heavy atom. The van der Waals surface area contributed by atoms with E-state index in [4.69, 9.17) is 11.6 Å². The summed E-state index contributed by atoms with van der Waals surface area (Å²) < 4.78 is 2.15. The number of aromatic nitrogens is 1. The van der Waals surface area contributed by atoms with Crippen LogP contribution in [0.5, 0.6) is 0 Å². The number of nitrogens with zero attached hydrogens (tertiary/aromatic N) is 3. The normalized spacial score (nSPS) is 14.8.